The Labute approximate surface area is 176 Å². The second-order valence-electron chi connectivity index (χ2n) is 6.32. The Kier molecular flexibility index (Phi) is 5.32. The molecule has 3 N–H and O–H groups in total. The Morgan fingerprint density at radius 3 is 2.10 bits per heavy atom. The van der Waals surface area contributed by atoms with E-state index >= 15 is 0 Å². The lowest BCUT2D eigenvalue weighted by molar-refractivity contribution is 0.0997. The van der Waals surface area contributed by atoms with Gasteiger partial charge in [-0.2, -0.15) is 0 Å². The first-order valence-electron chi connectivity index (χ1n) is 8.95. The topological polar surface area (TPSA) is 104 Å². The number of carbonyl (C=O) groups excluding carboxylic acids is 2. The van der Waals surface area contributed by atoms with Crippen LogP contribution in [0.15, 0.2) is 66.7 Å². The Morgan fingerprint density at radius 1 is 0.900 bits per heavy atom. The summed E-state index contributed by atoms with van der Waals surface area (Å²) in [6, 6.07) is 18.8. The van der Waals surface area contributed by atoms with Crippen LogP contribution < -0.4 is 20.5 Å². The van der Waals surface area contributed by atoms with Crippen LogP contribution in [-0.2, 0) is 0 Å². The van der Waals surface area contributed by atoms with E-state index in [-0.39, 0.29) is 5.91 Å². The second kappa shape index (κ2) is 8.22. The first-order valence-corrected chi connectivity index (χ1v) is 9.77. The third kappa shape index (κ3) is 4.23. The van der Waals surface area contributed by atoms with Crippen LogP contribution in [0, 0.1) is 0 Å². The number of aromatic nitrogens is 1. The zero-order chi connectivity index (χ0) is 21.1. The van der Waals surface area contributed by atoms with Crippen LogP contribution >= 0.6 is 11.3 Å². The number of nitrogens with zero attached hydrogens (tertiary/aromatic N) is 1. The molecule has 2 amide bonds. The molecule has 7 nitrogen and oxygen atoms in total. The summed E-state index contributed by atoms with van der Waals surface area (Å²) in [5.74, 6) is 1.10. The van der Waals surface area contributed by atoms with Crippen LogP contribution in [0.5, 0.6) is 17.2 Å². The van der Waals surface area contributed by atoms with Gasteiger partial charge in [0.25, 0.3) is 5.91 Å². The molecule has 3 aromatic carbocycles. The van der Waals surface area contributed by atoms with Crippen molar-refractivity contribution in [1.29, 1.82) is 0 Å². The van der Waals surface area contributed by atoms with Gasteiger partial charge >= 0.3 is 0 Å². The molecule has 0 atom stereocenters. The number of hydrogen-bond donors (Lipinski definition) is 2. The predicted octanol–water partition coefficient (Wildman–Crippen LogP) is 4.45. The number of primary amides is 1. The number of fused-ring (bicyclic) bond motifs is 1. The molecule has 0 saturated heterocycles. The number of nitrogens with one attached hydrogen (secondary N) is 1. The van der Waals surface area contributed by atoms with Crippen LogP contribution in [0.3, 0.4) is 0 Å². The molecule has 8 heteroatoms. The monoisotopic (exact) mass is 419 g/mol. The minimum absolute atomic E-state index is 0.265. The van der Waals surface area contributed by atoms with E-state index in [1.165, 1.54) is 11.3 Å². The molecule has 0 aliphatic rings. The maximum absolute atomic E-state index is 12.5. The Hall–Kier alpha value is -3.91. The van der Waals surface area contributed by atoms with Gasteiger partial charge in [0.1, 0.15) is 17.2 Å². The van der Waals surface area contributed by atoms with Crippen molar-refractivity contribution < 1.29 is 19.1 Å². The largest absolute Gasteiger partial charge is 0.497 e. The molecule has 4 aromatic rings. The van der Waals surface area contributed by atoms with Gasteiger partial charge in [0, 0.05) is 11.1 Å². The van der Waals surface area contributed by atoms with Gasteiger partial charge in [-0.3, -0.25) is 14.9 Å². The normalized spacial score (nSPS) is 10.6. The molecule has 0 spiro atoms. The fourth-order valence-electron chi connectivity index (χ4n) is 2.75. The third-order valence-electron chi connectivity index (χ3n) is 4.31. The summed E-state index contributed by atoms with van der Waals surface area (Å²) < 4.78 is 11.9. The van der Waals surface area contributed by atoms with E-state index < -0.39 is 5.91 Å². The Bertz CT molecular complexity index is 1220. The number of nitrogens with two attached hydrogens (primary N) is 1. The number of thiazole rings is 1. The summed E-state index contributed by atoms with van der Waals surface area (Å²) in [7, 11) is 1.61. The zero-order valence-electron chi connectivity index (χ0n) is 15.9. The Morgan fingerprint density at radius 2 is 1.50 bits per heavy atom. The fraction of sp³-hybridized carbons (Fsp3) is 0.0455. The van der Waals surface area contributed by atoms with E-state index in [1.54, 1.807) is 55.6 Å². The van der Waals surface area contributed by atoms with Crippen molar-refractivity contribution in [3.63, 3.8) is 0 Å². The summed E-state index contributed by atoms with van der Waals surface area (Å²) in [4.78, 5) is 28.1. The third-order valence-corrected chi connectivity index (χ3v) is 5.24. The van der Waals surface area contributed by atoms with Crippen LogP contribution in [0.2, 0.25) is 0 Å². The van der Waals surface area contributed by atoms with Crippen LogP contribution in [0.25, 0.3) is 10.2 Å². The summed E-state index contributed by atoms with van der Waals surface area (Å²) >= 11 is 1.38. The average Bonchev–Trinajstić information content (AvgIpc) is 3.15. The molecule has 4 rings (SSSR count). The van der Waals surface area contributed by atoms with E-state index in [9.17, 15) is 9.59 Å². The molecule has 0 aliphatic heterocycles. The van der Waals surface area contributed by atoms with E-state index in [2.05, 4.69) is 10.3 Å². The lowest BCUT2D eigenvalue weighted by Gasteiger charge is -2.07. The predicted molar refractivity (Wildman–Crippen MR) is 116 cm³/mol. The highest BCUT2D eigenvalue weighted by molar-refractivity contribution is 7.22. The maximum Gasteiger partial charge on any atom is 0.257 e. The highest BCUT2D eigenvalue weighted by Gasteiger charge is 2.11. The van der Waals surface area contributed by atoms with Gasteiger partial charge in [0.05, 0.1) is 17.3 Å². The van der Waals surface area contributed by atoms with E-state index in [0.717, 1.165) is 16.0 Å². The van der Waals surface area contributed by atoms with Gasteiger partial charge in [0.2, 0.25) is 5.91 Å². The van der Waals surface area contributed by atoms with Crippen LogP contribution in [-0.4, -0.2) is 23.9 Å². The molecule has 30 heavy (non-hydrogen) atoms. The molecule has 0 radical (unpaired) electrons. The lowest BCUT2D eigenvalue weighted by Crippen LogP contribution is -2.11. The number of carbonyl (C=O) groups is 2. The molecule has 1 heterocycles. The molecular formula is C22H17N3O4S. The fourth-order valence-corrected chi connectivity index (χ4v) is 3.64. The van der Waals surface area contributed by atoms with Gasteiger partial charge in [-0.15, -0.1) is 0 Å². The lowest BCUT2D eigenvalue weighted by atomic mass is 10.2. The smallest absolute Gasteiger partial charge is 0.257 e. The number of anilines is 1. The van der Waals surface area contributed by atoms with Crippen molar-refractivity contribution in [3.05, 3.63) is 77.9 Å². The first-order chi connectivity index (χ1) is 14.5. The minimum atomic E-state index is -0.496. The summed E-state index contributed by atoms with van der Waals surface area (Å²) in [5, 5.41) is 3.33. The van der Waals surface area contributed by atoms with Crippen molar-refractivity contribution in [2.24, 2.45) is 5.73 Å². The summed E-state index contributed by atoms with van der Waals surface area (Å²) in [6.07, 6.45) is 0. The number of ether oxygens (including phenoxy) is 2. The number of rotatable bonds is 6. The summed E-state index contributed by atoms with van der Waals surface area (Å²) in [6.45, 7) is 0. The minimum Gasteiger partial charge on any atom is -0.497 e. The van der Waals surface area contributed by atoms with Gasteiger partial charge in [-0.25, -0.2) is 4.98 Å². The molecule has 0 bridgehead atoms. The maximum atomic E-state index is 12.5. The number of methoxy groups -OCH3 is 1. The molecule has 1 aromatic heterocycles. The second-order valence-corrected chi connectivity index (χ2v) is 7.35. The van der Waals surface area contributed by atoms with Gasteiger partial charge in [-0.05, 0) is 66.7 Å². The van der Waals surface area contributed by atoms with Crippen molar-refractivity contribution in [1.82, 2.24) is 4.98 Å². The highest BCUT2D eigenvalue weighted by Crippen LogP contribution is 2.29. The van der Waals surface area contributed by atoms with Crippen molar-refractivity contribution in [3.8, 4) is 17.2 Å². The standard InChI is InChI=1S/C22H17N3O4S/c1-28-17-10-11-18-19(12-17)30-22(24-18)25-21(27)14-4-8-16(9-5-14)29-15-6-2-13(3-7-15)20(23)26/h2-12H,1H3,(H2,23,26)(H,24,25,27). The van der Waals surface area contributed by atoms with Crippen molar-refractivity contribution in [2.75, 3.05) is 12.4 Å². The van der Waals surface area contributed by atoms with E-state index in [1.807, 2.05) is 18.2 Å². The van der Waals surface area contributed by atoms with Gasteiger partial charge in [-0.1, -0.05) is 11.3 Å². The molecule has 150 valence electrons. The highest BCUT2D eigenvalue weighted by atomic mass is 32.1. The molecule has 0 fully saturated rings. The number of amides is 2. The first kappa shape index (κ1) is 19.4. The molecule has 0 unspecified atom stereocenters. The van der Waals surface area contributed by atoms with Crippen LogP contribution in [0.4, 0.5) is 5.13 Å². The van der Waals surface area contributed by atoms with Gasteiger partial charge in [0.15, 0.2) is 5.13 Å². The molecular weight excluding hydrogens is 402 g/mol. The van der Waals surface area contributed by atoms with Crippen molar-refractivity contribution in [2.45, 2.75) is 0 Å². The van der Waals surface area contributed by atoms with Crippen LogP contribution in [0.1, 0.15) is 20.7 Å². The molecule has 0 saturated carbocycles. The van der Waals surface area contributed by atoms with E-state index in [4.69, 9.17) is 15.2 Å². The Balaban J connectivity index is 1.43. The summed E-state index contributed by atoms with van der Waals surface area (Å²) in [5.41, 5.74) is 6.90. The number of benzene rings is 3. The number of hydrogen-bond acceptors (Lipinski definition) is 6. The average molecular weight is 419 g/mol. The van der Waals surface area contributed by atoms with Gasteiger partial charge < -0.3 is 15.2 Å². The quantitative estimate of drug-likeness (QED) is 0.481. The zero-order valence-corrected chi connectivity index (χ0v) is 16.7. The van der Waals surface area contributed by atoms with Crippen molar-refractivity contribution >= 4 is 38.5 Å². The SMILES string of the molecule is COc1ccc2nc(NC(=O)c3ccc(Oc4ccc(C(N)=O)cc4)cc3)sc2c1. The molecule has 0 aliphatic carbocycles. The van der Waals surface area contributed by atoms with E-state index in [0.29, 0.717) is 27.8 Å².